The average molecular weight is 280 g/mol. The molecule has 116 valence electrons. The second kappa shape index (κ2) is 8.02. The molecule has 0 aliphatic heterocycles. The van der Waals surface area contributed by atoms with Gasteiger partial charge in [-0.3, -0.25) is 4.79 Å². The van der Waals surface area contributed by atoms with E-state index < -0.39 is 0 Å². The molecule has 3 heteroatoms. The van der Waals surface area contributed by atoms with E-state index >= 15 is 0 Å². The van der Waals surface area contributed by atoms with E-state index in [0.29, 0.717) is 17.9 Å². The predicted octanol–water partition coefficient (Wildman–Crippen LogP) is 3.32. The molecule has 2 unspecified atom stereocenters. The normalized spacial score (nSPS) is 27.7. The number of nitrogens with zero attached hydrogens (tertiary/aromatic N) is 1. The molecule has 0 heterocycles. The van der Waals surface area contributed by atoms with Gasteiger partial charge in [-0.2, -0.15) is 0 Å². The minimum Gasteiger partial charge on any atom is -0.340 e. The van der Waals surface area contributed by atoms with Crippen LogP contribution < -0.4 is 5.73 Å². The first-order chi connectivity index (χ1) is 9.76. The summed E-state index contributed by atoms with van der Waals surface area (Å²) in [6.07, 6.45) is 12.3. The summed E-state index contributed by atoms with van der Waals surface area (Å²) in [5.74, 6) is 1.72. The molecule has 0 aromatic heterocycles. The molecule has 0 aromatic carbocycles. The van der Waals surface area contributed by atoms with Crippen LogP contribution in [0.4, 0.5) is 0 Å². The van der Waals surface area contributed by atoms with Crippen LogP contribution in [-0.4, -0.2) is 29.9 Å². The van der Waals surface area contributed by atoms with Crippen LogP contribution in [0.25, 0.3) is 0 Å². The SMILES string of the molecule is CCN(C(=O)CCC1CCCCC1)C1CCCC1CN. The second-order valence-electron chi connectivity index (χ2n) is 6.72. The predicted molar refractivity (Wildman–Crippen MR) is 83.4 cm³/mol. The first-order valence-electron chi connectivity index (χ1n) is 8.75. The van der Waals surface area contributed by atoms with E-state index in [1.165, 1.54) is 44.9 Å². The number of amides is 1. The van der Waals surface area contributed by atoms with Gasteiger partial charge >= 0.3 is 0 Å². The van der Waals surface area contributed by atoms with Crippen molar-refractivity contribution in [2.24, 2.45) is 17.6 Å². The smallest absolute Gasteiger partial charge is 0.222 e. The molecule has 2 saturated carbocycles. The number of nitrogens with two attached hydrogens (primary N) is 1. The molecular formula is C17H32N2O. The number of hydrogen-bond acceptors (Lipinski definition) is 2. The molecule has 2 N–H and O–H groups in total. The fourth-order valence-corrected chi connectivity index (χ4v) is 4.25. The second-order valence-corrected chi connectivity index (χ2v) is 6.72. The Hall–Kier alpha value is -0.570. The summed E-state index contributed by atoms with van der Waals surface area (Å²) >= 11 is 0. The molecular weight excluding hydrogens is 248 g/mol. The Morgan fingerprint density at radius 3 is 2.50 bits per heavy atom. The van der Waals surface area contributed by atoms with E-state index in [-0.39, 0.29) is 0 Å². The Balaban J connectivity index is 1.82. The minimum atomic E-state index is 0.378. The highest BCUT2D eigenvalue weighted by Gasteiger charge is 2.32. The van der Waals surface area contributed by atoms with Crippen molar-refractivity contribution in [3.63, 3.8) is 0 Å². The van der Waals surface area contributed by atoms with Crippen molar-refractivity contribution in [1.82, 2.24) is 4.90 Å². The molecule has 1 amide bonds. The molecule has 20 heavy (non-hydrogen) atoms. The third kappa shape index (κ3) is 3.97. The van der Waals surface area contributed by atoms with E-state index in [1.807, 2.05) is 0 Å². The summed E-state index contributed by atoms with van der Waals surface area (Å²) in [5, 5.41) is 0. The monoisotopic (exact) mass is 280 g/mol. The largest absolute Gasteiger partial charge is 0.340 e. The zero-order valence-electron chi connectivity index (χ0n) is 13.2. The van der Waals surface area contributed by atoms with Crippen LogP contribution in [0.3, 0.4) is 0 Å². The molecule has 0 aromatic rings. The van der Waals surface area contributed by atoms with E-state index in [2.05, 4.69) is 11.8 Å². The van der Waals surface area contributed by atoms with E-state index in [4.69, 9.17) is 5.73 Å². The molecule has 0 saturated heterocycles. The van der Waals surface area contributed by atoms with Gasteiger partial charge in [-0.25, -0.2) is 0 Å². The third-order valence-electron chi connectivity index (χ3n) is 5.47. The van der Waals surface area contributed by atoms with E-state index in [1.54, 1.807) is 0 Å². The van der Waals surface area contributed by atoms with Gasteiger partial charge in [0.15, 0.2) is 0 Å². The van der Waals surface area contributed by atoms with Crippen LogP contribution in [0.1, 0.15) is 71.1 Å². The standard InChI is InChI=1S/C17H32N2O/c1-2-19(16-10-6-9-15(16)13-18)17(20)12-11-14-7-4-3-5-8-14/h14-16H,2-13,18H2,1H3. The highest BCUT2D eigenvalue weighted by atomic mass is 16.2. The Labute approximate surface area is 124 Å². The lowest BCUT2D eigenvalue weighted by molar-refractivity contribution is -0.134. The first kappa shape index (κ1) is 15.8. The molecule has 2 rings (SSSR count). The van der Waals surface area contributed by atoms with Gasteiger partial charge in [-0.1, -0.05) is 38.5 Å². The Morgan fingerprint density at radius 2 is 1.85 bits per heavy atom. The summed E-state index contributed by atoms with van der Waals surface area (Å²) in [7, 11) is 0. The number of carbonyl (C=O) groups is 1. The van der Waals surface area contributed by atoms with Crippen molar-refractivity contribution < 1.29 is 4.79 Å². The van der Waals surface area contributed by atoms with Crippen molar-refractivity contribution in [2.45, 2.75) is 77.2 Å². The molecule has 2 aliphatic rings. The van der Waals surface area contributed by atoms with Crippen molar-refractivity contribution in [1.29, 1.82) is 0 Å². The Kier molecular flexibility index (Phi) is 6.34. The van der Waals surface area contributed by atoms with Gasteiger partial charge in [0.1, 0.15) is 0 Å². The molecule has 0 bridgehead atoms. The third-order valence-corrected chi connectivity index (χ3v) is 5.47. The number of carbonyl (C=O) groups excluding carboxylic acids is 1. The van der Waals surface area contributed by atoms with Gasteiger partial charge in [0.05, 0.1) is 0 Å². The maximum Gasteiger partial charge on any atom is 0.222 e. The molecule has 3 nitrogen and oxygen atoms in total. The maximum atomic E-state index is 12.6. The fraction of sp³-hybridized carbons (Fsp3) is 0.941. The summed E-state index contributed by atoms with van der Waals surface area (Å²) in [6, 6.07) is 0.420. The quantitative estimate of drug-likeness (QED) is 0.811. The Morgan fingerprint density at radius 1 is 1.10 bits per heavy atom. The average Bonchev–Trinajstić information content (AvgIpc) is 2.95. The molecule has 0 radical (unpaired) electrons. The lowest BCUT2D eigenvalue weighted by Gasteiger charge is -2.32. The summed E-state index contributed by atoms with van der Waals surface area (Å²) in [6.45, 7) is 3.70. The molecule has 2 fully saturated rings. The van der Waals surface area contributed by atoms with Crippen LogP contribution in [0.15, 0.2) is 0 Å². The fourth-order valence-electron chi connectivity index (χ4n) is 4.25. The topological polar surface area (TPSA) is 46.3 Å². The van der Waals surface area contributed by atoms with E-state index in [0.717, 1.165) is 38.3 Å². The lowest BCUT2D eigenvalue weighted by Crippen LogP contribution is -2.44. The first-order valence-corrected chi connectivity index (χ1v) is 8.75. The zero-order valence-corrected chi connectivity index (χ0v) is 13.2. The highest BCUT2D eigenvalue weighted by molar-refractivity contribution is 5.76. The van der Waals surface area contributed by atoms with Crippen molar-refractivity contribution >= 4 is 5.91 Å². The lowest BCUT2D eigenvalue weighted by atomic mass is 9.86. The van der Waals surface area contributed by atoms with Crippen molar-refractivity contribution in [3.05, 3.63) is 0 Å². The van der Waals surface area contributed by atoms with Crippen LogP contribution >= 0.6 is 0 Å². The summed E-state index contributed by atoms with van der Waals surface area (Å²) in [5.41, 5.74) is 5.87. The zero-order chi connectivity index (χ0) is 14.4. The molecule has 2 aliphatic carbocycles. The van der Waals surface area contributed by atoms with Gasteiger partial charge < -0.3 is 10.6 Å². The van der Waals surface area contributed by atoms with Crippen LogP contribution in [0.2, 0.25) is 0 Å². The Bertz CT molecular complexity index is 299. The van der Waals surface area contributed by atoms with Gasteiger partial charge in [0.2, 0.25) is 5.91 Å². The maximum absolute atomic E-state index is 12.6. The molecule has 0 spiro atoms. The van der Waals surface area contributed by atoms with Gasteiger partial charge in [0, 0.05) is 19.0 Å². The molecule has 2 atom stereocenters. The van der Waals surface area contributed by atoms with Gasteiger partial charge in [-0.05, 0) is 44.6 Å². The summed E-state index contributed by atoms with van der Waals surface area (Å²) in [4.78, 5) is 14.7. The highest BCUT2D eigenvalue weighted by Crippen LogP contribution is 2.31. The van der Waals surface area contributed by atoms with Crippen LogP contribution in [0, 0.1) is 11.8 Å². The van der Waals surface area contributed by atoms with Gasteiger partial charge in [-0.15, -0.1) is 0 Å². The van der Waals surface area contributed by atoms with Gasteiger partial charge in [0.25, 0.3) is 0 Å². The van der Waals surface area contributed by atoms with Crippen LogP contribution in [-0.2, 0) is 4.79 Å². The van der Waals surface area contributed by atoms with E-state index in [9.17, 15) is 4.79 Å². The number of rotatable bonds is 6. The summed E-state index contributed by atoms with van der Waals surface area (Å²) < 4.78 is 0. The minimum absolute atomic E-state index is 0.378. The van der Waals surface area contributed by atoms with Crippen LogP contribution in [0.5, 0.6) is 0 Å². The number of hydrogen-bond donors (Lipinski definition) is 1. The van der Waals surface area contributed by atoms with Crippen molar-refractivity contribution in [3.8, 4) is 0 Å². The van der Waals surface area contributed by atoms with Crippen molar-refractivity contribution in [2.75, 3.05) is 13.1 Å².